The topological polar surface area (TPSA) is 88.2 Å². The summed E-state index contributed by atoms with van der Waals surface area (Å²) in [5.41, 5.74) is 4.28. The highest BCUT2D eigenvalue weighted by Gasteiger charge is 2.15. The van der Waals surface area contributed by atoms with Crippen molar-refractivity contribution in [2.75, 3.05) is 10.0 Å². The van der Waals surface area contributed by atoms with Gasteiger partial charge in [-0.3, -0.25) is 9.52 Å². The average molecular weight is 500 g/mol. The Hall–Kier alpha value is -4.01. The van der Waals surface area contributed by atoms with Gasteiger partial charge in [0.15, 0.2) is 0 Å². The second kappa shape index (κ2) is 9.32. The highest BCUT2D eigenvalue weighted by atomic mass is 32.2. The molecule has 0 saturated heterocycles. The van der Waals surface area contributed by atoms with E-state index in [1.165, 1.54) is 0 Å². The summed E-state index contributed by atoms with van der Waals surface area (Å²) >= 11 is 1.60. The highest BCUT2D eigenvalue weighted by molar-refractivity contribution is 7.92. The number of aromatic nitrogens is 1. The van der Waals surface area contributed by atoms with Gasteiger partial charge in [-0.2, -0.15) is 0 Å². The van der Waals surface area contributed by atoms with Gasteiger partial charge in [-0.1, -0.05) is 42.0 Å². The molecule has 0 fully saturated rings. The SMILES string of the molecule is Cc1ccc(S(=O)(=O)Nc2ccc(C(=O)Nc3cccc(-c4nc5ccccc5s4)c3)cc2)cc1. The van der Waals surface area contributed by atoms with Crippen LogP contribution in [-0.2, 0) is 10.0 Å². The molecule has 1 amide bonds. The highest BCUT2D eigenvalue weighted by Crippen LogP contribution is 2.31. The van der Waals surface area contributed by atoms with E-state index in [1.54, 1.807) is 59.9 Å². The van der Waals surface area contributed by atoms with Crippen LogP contribution in [0.1, 0.15) is 15.9 Å². The molecule has 0 spiro atoms. The van der Waals surface area contributed by atoms with Crippen LogP contribution in [0.4, 0.5) is 11.4 Å². The maximum absolute atomic E-state index is 12.8. The number of anilines is 2. The first-order valence-corrected chi connectivity index (χ1v) is 13.1. The monoisotopic (exact) mass is 499 g/mol. The molecule has 0 atom stereocenters. The van der Waals surface area contributed by atoms with E-state index in [1.807, 2.05) is 55.5 Å². The number of rotatable bonds is 6. The number of fused-ring (bicyclic) bond motifs is 1. The molecule has 5 aromatic rings. The molecule has 0 aliphatic carbocycles. The molecule has 35 heavy (non-hydrogen) atoms. The number of carbonyl (C=O) groups is 1. The summed E-state index contributed by atoms with van der Waals surface area (Å²) in [4.78, 5) is 17.6. The van der Waals surface area contributed by atoms with Crippen molar-refractivity contribution < 1.29 is 13.2 Å². The summed E-state index contributed by atoms with van der Waals surface area (Å²) in [7, 11) is -3.71. The van der Waals surface area contributed by atoms with Crippen molar-refractivity contribution in [2.24, 2.45) is 0 Å². The molecule has 0 bridgehead atoms. The first-order valence-electron chi connectivity index (χ1n) is 10.8. The second-order valence-corrected chi connectivity index (χ2v) is 10.7. The minimum atomic E-state index is -3.71. The first-order chi connectivity index (χ1) is 16.9. The number of amides is 1. The van der Waals surface area contributed by atoms with Crippen LogP contribution in [0.25, 0.3) is 20.8 Å². The van der Waals surface area contributed by atoms with Crippen LogP contribution in [0.5, 0.6) is 0 Å². The largest absolute Gasteiger partial charge is 0.322 e. The van der Waals surface area contributed by atoms with Gasteiger partial charge < -0.3 is 5.32 Å². The Balaban J connectivity index is 1.29. The fourth-order valence-electron chi connectivity index (χ4n) is 3.55. The number of aryl methyl sites for hydroxylation is 1. The van der Waals surface area contributed by atoms with Gasteiger partial charge in [-0.25, -0.2) is 13.4 Å². The van der Waals surface area contributed by atoms with E-state index in [4.69, 9.17) is 0 Å². The van der Waals surface area contributed by atoms with Crippen LogP contribution in [-0.4, -0.2) is 19.3 Å². The maximum atomic E-state index is 12.8. The molecule has 174 valence electrons. The zero-order valence-corrected chi connectivity index (χ0v) is 20.4. The molecule has 1 aromatic heterocycles. The number of para-hydroxylation sites is 1. The van der Waals surface area contributed by atoms with Crippen LogP contribution in [0.2, 0.25) is 0 Å². The van der Waals surface area contributed by atoms with Gasteiger partial charge >= 0.3 is 0 Å². The predicted octanol–water partition coefficient (Wildman–Crippen LogP) is 6.32. The van der Waals surface area contributed by atoms with Gasteiger partial charge in [-0.15, -0.1) is 11.3 Å². The van der Waals surface area contributed by atoms with Gasteiger partial charge in [0.05, 0.1) is 15.1 Å². The van der Waals surface area contributed by atoms with Crippen LogP contribution < -0.4 is 10.0 Å². The zero-order valence-electron chi connectivity index (χ0n) is 18.7. The third-order valence-corrected chi connectivity index (χ3v) is 7.87. The van der Waals surface area contributed by atoms with E-state index < -0.39 is 10.0 Å². The summed E-state index contributed by atoms with van der Waals surface area (Å²) in [6.07, 6.45) is 0. The van der Waals surface area contributed by atoms with E-state index in [9.17, 15) is 13.2 Å². The number of nitrogens with one attached hydrogen (secondary N) is 2. The molecule has 0 saturated carbocycles. The molecule has 0 unspecified atom stereocenters. The van der Waals surface area contributed by atoms with E-state index in [0.717, 1.165) is 26.4 Å². The minimum Gasteiger partial charge on any atom is -0.322 e. The molecular formula is C27H21N3O3S2. The summed E-state index contributed by atoms with van der Waals surface area (Å²) in [6, 6.07) is 28.4. The van der Waals surface area contributed by atoms with Crippen molar-refractivity contribution in [1.29, 1.82) is 0 Å². The van der Waals surface area contributed by atoms with Crippen LogP contribution >= 0.6 is 11.3 Å². The Kier molecular flexibility index (Phi) is 6.07. The van der Waals surface area contributed by atoms with Gasteiger partial charge in [0.25, 0.3) is 15.9 Å². The predicted molar refractivity (Wildman–Crippen MR) is 141 cm³/mol. The first kappa shape index (κ1) is 22.8. The second-order valence-electron chi connectivity index (χ2n) is 8.02. The third kappa shape index (κ3) is 5.08. The normalized spacial score (nSPS) is 11.3. The number of benzene rings is 4. The Morgan fingerprint density at radius 2 is 1.57 bits per heavy atom. The van der Waals surface area contributed by atoms with Crippen molar-refractivity contribution >= 4 is 48.9 Å². The lowest BCUT2D eigenvalue weighted by molar-refractivity contribution is 0.102. The van der Waals surface area contributed by atoms with E-state index in [0.29, 0.717) is 16.9 Å². The molecule has 4 aromatic carbocycles. The number of thiazole rings is 1. The van der Waals surface area contributed by atoms with Gasteiger partial charge in [-0.05, 0) is 67.6 Å². The number of nitrogens with zero attached hydrogens (tertiary/aromatic N) is 1. The van der Waals surface area contributed by atoms with Gasteiger partial charge in [0.1, 0.15) is 5.01 Å². The molecule has 5 rings (SSSR count). The number of hydrogen-bond donors (Lipinski definition) is 2. The van der Waals surface area contributed by atoms with Crippen molar-refractivity contribution in [3.05, 3.63) is 108 Å². The van der Waals surface area contributed by atoms with Gasteiger partial charge in [0.2, 0.25) is 0 Å². The van der Waals surface area contributed by atoms with E-state index in [-0.39, 0.29) is 10.8 Å². The summed E-state index contributed by atoms with van der Waals surface area (Å²) in [6.45, 7) is 1.89. The Labute approximate surface area is 207 Å². The Bertz CT molecular complexity index is 1590. The summed E-state index contributed by atoms with van der Waals surface area (Å²) in [5, 5.41) is 3.78. The van der Waals surface area contributed by atoms with Crippen LogP contribution in [0.3, 0.4) is 0 Å². The van der Waals surface area contributed by atoms with Crippen molar-refractivity contribution in [3.63, 3.8) is 0 Å². The third-order valence-electron chi connectivity index (χ3n) is 5.39. The minimum absolute atomic E-state index is 0.179. The van der Waals surface area contributed by atoms with E-state index in [2.05, 4.69) is 15.0 Å². The standard InChI is InChI=1S/C27H21N3O3S2/c1-18-9-15-23(16-10-18)35(32,33)30-21-13-11-19(12-14-21)26(31)28-22-6-4-5-20(17-22)27-29-24-7-2-3-8-25(24)34-27/h2-17,30H,1H3,(H,28,31). The average Bonchev–Trinajstić information content (AvgIpc) is 3.29. The molecule has 0 aliphatic heterocycles. The molecule has 1 heterocycles. The quantitative estimate of drug-likeness (QED) is 0.286. The maximum Gasteiger partial charge on any atom is 0.261 e. The Morgan fingerprint density at radius 3 is 2.31 bits per heavy atom. The van der Waals surface area contributed by atoms with Crippen molar-refractivity contribution in [1.82, 2.24) is 4.98 Å². The van der Waals surface area contributed by atoms with E-state index >= 15 is 0 Å². The molecular weight excluding hydrogens is 478 g/mol. The molecule has 6 nitrogen and oxygen atoms in total. The summed E-state index contributed by atoms with van der Waals surface area (Å²) < 4.78 is 28.8. The Morgan fingerprint density at radius 1 is 0.829 bits per heavy atom. The van der Waals surface area contributed by atoms with Crippen LogP contribution in [0.15, 0.2) is 102 Å². The van der Waals surface area contributed by atoms with Crippen LogP contribution in [0, 0.1) is 6.92 Å². The molecule has 2 N–H and O–H groups in total. The zero-order chi connectivity index (χ0) is 24.4. The van der Waals surface area contributed by atoms with Crippen molar-refractivity contribution in [3.8, 4) is 10.6 Å². The summed E-state index contributed by atoms with van der Waals surface area (Å²) in [5.74, 6) is -0.292. The number of sulfonamides is 1. The molecule has 0 radical (unpaired) electrons. The van der Waals surface area contributed by atoms with Crippen molar-refractivity contribution in [2.45, 2.75) is 11.8 Å². The lowest BCUT2D eigenvalue weighted by atomic mass is 10.1. The number of carbonyl (C=O) groups excluding carboxylic acids is 1. The molecule has 8 heteroatoms. The fourth-order valence-corrected chi connectivity index (χ4v) is 5.57. The van der Waals surface area contributed by atoms with Gasteiger partial charge in [0, 0.05) is 22.5 Å². The smallest absolute Gasteiger partial charge is 0.261 e. The lowest BCUT2D eigenvalue weighted by Crippen LogP contribution is -2.14. The lowest BCUT2D eigenvalue weighted by Gasteiger charge is -2.10. The number of hydrogen-bond acceptors (Lipinski definition) is 5. The fraction of sp³-hybridized carbons (Fsp3) is 0.0370. The molecule has 0 aliphatic rings.